The van der Waals surface area contributed by atoms with E-state index in [9.17, 15) is 9.59 Å². The Kier molecular flexibility index (Phi) is 3.15. The molecule has 1 aromatic carbocycles. The van der Waals surface area contributed by atoms with Gasteiger partial charge in [-0.2, -0.15) is 5.26 Å². The molecule has 0 aromatic heterocycles. The lowest BCUT2D eigenvalue weighted by Gasteiger charge is -2.03. The molecule has 0 fully saturated rings. The van der Waals surface area contributed by atoms with E-state index >= 15 is 0 Å². The van der Waals surface area contributed by atoms with Crippen LogP contribution in [0.1, 0.15) is 33.2 Å². The first kappa shape index (κ1) is 10.6. The van der Waals surface area contributed by atoms with E-state index in [0.717, 1.165) is 0 Å². The molecule has 0 bridgehead atoms. The Bertz CT molecular complexity index is 446. The molecule has 0 amide bonds. The lowest BCUT2D eigenvalue weighted by molar-refractivity contribution is 0.101. The highest BCUT2D eigenvalue weighted by atomic mass is 79.9. The Morgan fingerprint density at radius 3 is 2.64 bits per heavy atom. The highest BCUT2D eigenvalue weighted by molar-refractivity contribution is 9.10. The number of hydrogen-bond acceptors (Lipinski definition) is 3. The number of Topliss-reactive ketones (excluding diaryl/α,β-unsaturated/α-hetero) is 1. The molecule has 70 valence electrons. The van der Waals surface area contributed by atoms with Crippen molar-refractivity contribution in [1.82, 2.24) is 0 Å². The molecule has 0 atom stereocenters. The van der Waals surface area contributed by atoms with Crippen LogP contribution in [-0.2, 0) is 0 Å². The van der Waals surface area contributed by atoms with Gasteiger partial charge in [-0.3, -0.25) is 9.59 Å². The first-order valence-corrected chi connectivity index (χ1v) is 4.59. The second kappa shape index (κ2) is 4.16. The third-order valence-electron chi connectivity index (χ3n) is 1.79. The standard InChI is InChI=1S/C10H6BrNO2/c1-6(14)8-3-2-7(5-13)9(4-12)10(8)11/h2-3,5H,1H3. The van der Waals surface area contributed by atoms with E-state index in [1.807, 2.05) is 6.07 Å². The summed E-state index contributed by atoms with van der Waals surface area (Å²) < 4.78 is 0.386. The number of carbonyl (C=O) groups excluding carboxylic acids is 2. The molecule has 0 aliphatic rings. The molecule has 0 spiro atoms. The zero-order chi connectivity index (χ0) is 10.7. The molecule has 4 heteroatoms. The quantitative estimate of drug-likeness (QED) is 0.599. The minimum atomic E-state index is -0.147. The zero-order valence-corrected chi connectivity index (χ0v) is 8.96. The van der Waals surface area contributed by atoms with Crippen LogP contribution in [0.15, 0.2) is 16.6 Å². The summed E-state index contributed by atoms with van der Waals surface area (Å²) in [6, 6.07) is 4.87. The maximum Gasteiger partial charge on any atom is 0.160 e. The van der Waals surface area contributed by atoms with Crippen molar-refractivity contribution in [3.05, 3.63) is 33.3 Å². The number of carbonyl (C=O) groups is 2. The number of nitriles is 1. The first-order chi connectivity index (χ1) is 6.61. The van der Waals surface area contributed by atoms with Crippen LogP contribution >= 0.6 is 15.9 Å². The number of halogens is 1. The molecule has 0 N–H and O–H groups in total. The van der Waals surface area contributed by atoms with E-state index < -0.39 is 0 Å². The lowest BCUT2D eigenvalue weighted by Crippen LogP contribution is -1.98. The largest absolute Gasteiger partial charge is 0.298 e. The molecule has 0 saturated heterocycles. The minimum Gasteiger partial charge on any atom is -0.298 e. The van der Waals surface area contributed by atoms with Crippen molar-refractivity contribution in [1.29, 1.82) is 5.26 Å². The molecule has 1 rings (SSSR count). The number of rotatable bonds is 2. The summed E-state index contributed by atoms with van der Waals surface area (Å²) in [5.74, 6) is -0.147. The molecule has 0 unspecified atom stereocenters. The van der Waals surface area contributed by atoms with Gasteiger partial charge in [0.2, 0.25) is 0 Å². The molecule has 0 heterocycles. The summed E-state index contributed by atoms with van der Waals surface area (Å²) >= 11 is 3.13. The summed E-state index contributed by atoms with van der Waals surface area (Å²) in [5.41, 5.74) is 0.893. The maximum atomic E-state index is 11.1. The summed E-state index contributed by atoms with van der Waals surface area (Å²) in [7, 11) is 0. The second-order valence-electron chi connectivity index (χ2n) is 2.68. The summed E-state index contributed by atoms with van der Waals surface area (Å²) in [6.45, 7) is 1.40. The maximum absolute atomic E-state index is 11.1. The van der Waals surface area contributed by atoms with E-state index in [0.29, 0.717) is 16.3 Å². The van der Waals surface area contributed by atoms with Crippen LogP contribution in [-0.4, -0.2) is 12.1 Å². The van der Waals surface area contributed by atoms with Crippen LogP contribution in [0.5, 0.6) is 0 Å². The zero-order valence-electron chi connectivity index (χ0n) is 7.37. The van der Waals surface area contributed by atoms with Gasteiger partial charge in [0.25, 0.3) is 0 Å². The number of benzene rings is 1. The molecular formula is C10H6BrNO2. The van der Waals surface area contributed by atoms with Crippen molar-refractivity contribution >= 4 is 28.0 Å². The van der Waals surface area contributed by atoms with E-state index in [2.05, 4.69) is 15.9 Å². The highest BCUT2D eigenvalue weighted by Crippen LogP contribution is 2.24. The average molecular weight is 252 g/mol. The predicted octanol–water partition coefficient (Wildman–Crippen LogP) is 2.34. The van der Waals surface area contributed by atoms with Gasteiger partial charge >= 0.3 is 0 Å². The topological polar surface area (TPSA) is 57.9 Å². The molecule has 3 nitrogen and oxygen atoms in total. The van der Waals surface area contributed by atoms with Crippen molar-refractivity contribution in [3.8, 4) is 6.07 Å². The van der Waals surface area contributed by atoms with Crippen LogP contribution < -0.4 is 0 Å². The fourth-order valence-electron chi connectivity index (χ4n) is 1.07. The minimum absolute atomic E-state index is 0.147. The van der Waals surface area contributed by atoms with E-state index in [1.165, 1.54) is 19.1 Å². The Hall–Kier alpha value is -1.47. The van der Waals surface area contributed by atoms with E-state index in [4.69, 9.17) is 5.26 Å². The fraction of sp³-hybridized carbons (Fsp3) is 0.100. The second-order valence-corrected chi connectivity index (χ2v) is 3.47. The SMILES string of the molecule is CC(=O)c1ccc(C=O)c(C#N)c1Br. The molecule has 14 heavy (non-hydrogen) atoms. The van der Waals surface area contributed by atoms with Gasteiger partial charge in [0, 0.05) is 15.6 Å². The van der Waals surface area contributed by atoms with Crippen LogP contribution in [0.25, 0.3) is 0 Å². The van der Waals surface area contributed by atoms with Gasteiger partial charge in [0.15, 0.2) is 12.1 Å². The van der Waals surface area contributed by atoms with Crippen molar-refractivity contribution in [2.45, 2.75) is 6.92 Å². The van der Waals surface area contributed by atoms with Gasteiger partial charge in [0.05, 0.1) is 5.56 Å². The molecule has 0 radical (unpaired) electrons. The highest BCUT2D eigenvalue weighted by Gasteiger charge is 2.12. The average Bonchev–Trinajstić information content (AvgIpc) is 2.16. The Labute approximate surface area is 89.5 Å². The molecule has 0 aliphatic carbocycles. The molecule has 0 saturated carbocycles. The van der Waals surface area contributed by atoms with Gasteiger partial charge in [-0.15, -0.1) is 0 Å². The summed E-state index contributed by atoms with van der Waals surface area (Å²) in [4.78, 5) is 21.7. The van der Waals surface area contributed by atoms with Crippen molar-refractivity contribution in [2.75, 3.05) is 0 Å². The fourth-order valence-corrected chi connectivity index (χ4v) is 1.80. The first-order valence-electron chi connectivity index (χ1n) is 3.80. The van der Waals surface area contributed by atoms with Gasteiger partial charge in [0.1, 0.15) is 6.07 Å². The third-order valence-corrected chi connectivity index (χ3v) is 2.62. The smallest absolute Gasteiger partial charge is 0.160 e. The van der Waals surface area contributed by atoms with Gasteiger partial charge < -0.3 is 0 Å². The van der Waals surface area contributed by atoms with Crippen molar-refractivity contribution in [3.63, 3.8) is 0 Å². The van der Waals surface area contributed by atoms with Gasteiger partial charge in [-0.05, 0) is 35.0 Å². The summed E-state index contributed by atoms with van der Waals surface area (Å²) in [5, 5.41) is 8.79. The molecule has 1 aromatic rings. The van der Waals surface area contributed by atoms with Crippen molar-refractivity contribution < 1.29 is 9.59 Å². The molecule has 0 aliphatic heterocycles. The monoisotopic (exact) mass is 251 g/mol. The van der Waals surface area contributed by atoms with Crippen LogP contribution in [0, 0.1) is 11.3 Å². The van der Waals surface area contributed by atoms with Crippen LogP contribution in [0.3, 0.4) is 0 Å². The Balaban J connectivity index is 3.52. The lowest BCUT2D eigenvalue weighted by atomic mass is 10.0. The Morgan fingerprint density at radius 1 is 1.57 bits per heavy atom. The number of aldehydes is 1. The third kappa shape index (κ3) is 1.73. The number of ketones is 1. The number of nitrogens with zero attached hydrogens (tertiary/aromatic N) is 1. The van der Waals surface area contributed by atoms with Gasteiger partial charge in [-0.25, -0.2) is 0 Å². The summed E-state index contributed by atoms with van der Waals surface area (Å²) in [6.07, 6.45) is 0.591. The predicted molar refractivity (Wildman–Crippen MR) is 54.2 cm³/mol. The van der Waals surface area contributed by atoms with Crippen LogP contribution in [0.4, 0.5) is 0 Å². The Morgan fingerprint density at radius 2 is 2.21 bits per heavy atom. The van der Waals surface area contributed by atoms with Crippen LogP contribution in [0.2, 0.25) is 0 Å². The normalized spacial score (nSPS) is 9.21. The van der Waals surface area contributed by atoms with Crippen molar-refractivity contribution in [2.24, 2.45) is 0 Å². The van der Waals surface area contributed by atoms with E-state index in [1.54, 1.807) is 0 Å². The number of hydrogen-bond donors (Lipinski definition) is 0. The van der Waals surface area contributed by atoms with Gasteiger partial charge in [-0.1, -0.05) is 0 Å². The molecular weight excluding hydrogens is 246 g/mol. The van der Waals surface area contributed by atoms with E-state index in [-0.39, 0.29) is 16.9 Å².